The zero-order valence-corrected chi connectivity index (χ0v) is 64.5. The molecule has 31 saturated heterocycles. The van der Waals surface area contributed by atoms with Crippen LogP contribution in [0.5, 0.6) is 5.75 Å². The Morgan fingerprint density at radius 1 is 0.380 bits per heavy atom. The van der Waals surface area contributed by atoms with Crippen molar-refractivity contribution in [2.75, 3.05) is 78.0 Å². The number of nitrogens with one attached hydrogen (secondary N) is 1. The van der Waals surface area contributed by atoms with Gasteiger partial charge in [-0.05, 0) is 36.2 Å². The topological polar surface area (TPSA) is 779 Å². The number of aliphatic hydroxyl groups is 24. The summed E-state index contributed by atoms with van der Waals surface area (Å²) in [5.41, 5.74) is 1.00. The van der Waals surface area contributed by atoms with E-state index in [0.717, 1.165) is 35.4 Å². The number of pyridine rings is 1. The van der Waals surface area contributed by atoms with Crippen molar-refractivity contribution in [2.24, 2.45) is 0 Å². The molecule has 1 aromatic carbocycles. The zero-order valence-electron chi connectivity index (χ0n) is 63.7. The lowest BCUT2D eigenvalue weighted by Gasteiger charge is -2.50. The smallest absolute Gasteiger partial charge is 0.328 e. The molecule has 31 fully saturated rings. The number of amides is 2. The summed E-state index contributed by atoms with van der Waals surface area (Å²) >= 11 is 1.05. The predicted octanol–water partition coefficient (Wildman–Crippen LogP) is -15.2. The molecule has 2 amide bonds. The number of aliphatic carboxylic acids is 2. The molecule has 686 valence electrons. The highest BCUT2D eigenvalue weighted by atomic mass is 32.2. The number of benzene rings is 1. The van der Waals surface area contributed by atoms with Gasteiger partial charge in [-0.25, -0.2) is 14.6 Å². The molecule has 0 saturated carbocycles. The second-order valence-electron chi connectivity index (χ2n) is 29.2. The Morgan fingerprint density at radius 3 is 0.826 bits per heavy atom. The number of anilines is 1. The highest BCUT2D eigenvalue weighted by molar-refractivity contribution is 8.15. The van der Waals surface area contributed by atoms with Crippen molar-refractivity contribution < 1.29 is 232 Å². The van der Waals surface area contributed by atoms with Gasteiger partial charge in [0.1, 0.15) is 214 Å². The van der Waals surface area contributed by atoms with Gasteiger partial charge in [-0.2, -0.15) is 0 Å². The number of aromatic nitrogens is 1. The molecule has 31 aliphatic rings. The van der Waals surface area contributed by atoms with Crippen LogP contribution in [0.15, 0.2) is 60.8 Å². The first-order valence-electron chi connectivity index (χ1n) is 37.9. The first-order valence-corrected chi connectivity index (χ1v) is 38.8. The van der Waals surface area contributed by atoms with E-state index in [-0.39, 0.29) is 16.4 Å². The molecular weight excluding hydrogens is 1670 g/mol. The van der Waals surface area contributed by atoms with Crippen molar-refractivity contribution in [2.45, 2.75) is 257 Å². The van der Waals surface area contributed by atoms with Crippen LogP contribution in [0.2, 0.25) is 0 Å². The summed E-state index contributed by atoms with van der Waals surface area (Å²) in [7, 11) is 1.97. The van der Waals surface area contributed by atoms with E-state index in [0.29, 0.717) is 25.2 Å². The number of carbonyl (C=O) groups is 4. The molecule has 0 radical (unpaired) electrons. The fourth-order valence-electron chi connectivity index (χ4n) is 14.5. The van der Waals surface area contributed by atoms with Gasteiger partial charge in [0.2, 0.25) is 5.91 Å². The number of thioether (sulfide) groups is 1. The van der Waals surface area contributed by atoms with Crippen LogP contribution in [0.1, 0.15) is 5.56 Å². The van der Waals surface area contributed by atoms with E-state index in [4.69, 9.17) is 90.7 Å². The number of hydrogen-bond acceptors (Lipinski definition) is 48. The number of likely N-dealkylation sites (N-methyl/N-ethyl adjacent to an activating group) is 1. The minimum absolute atomic E-state index is 0.215. The lowest BCUT2D eigenvalue weighted by Crippen LogP contribution is -2.69. The maximum Gasteiger partial charge on any atom is 0.328 e. The molecular formula is C70H103N3O47S. The fourth-order valence-corrected chi connectivity index (χ4v) is 15.4. The van der Waals surface area contributed by atoms with Crippen molar-refractivity contribution in [3.63, 3.8) is 0 Å². The van der Waals surface area contributed by atoms with Gasteiger partial charge >= 0.3 is 11.9 Å². The summed E-state index contributed by atoms with van der Waals surface area (Å²) in [6, 6.07) is 13.4. The number of hydrogen-bond donors (Lipinski definition) is 27. The largest absolute Gasteiger partial charge is 0.492 e. The first kappa shape index (κ1) is 97.7. The minimum atomic E-state index is -2.25. The highest BCUT2D eigenvalue weighted by Crippen LogP contribution is 2.40. The van der Waals surface area contributed by atoms with Crippen molar-refractivity contribution >= 4 is 40.7 Å². The van der Waals surface area contributed by atoms with E-state index in [1.54, 1.807) is 6.20 Å². The summed E-state index contributed by atoms with van der Waals surface area (Å²) < 4.78 is 96.8. The molecule has 33 rings (SSSR count). The Balaban J connectivity index is 0.000000384. The third-order valence-corrected chi connectivity index (χ3v) is 22.1. The van der Waals surface area contributed by atoms with Gasteiger partial charge in [-0.1, -0.05) is 30.0 Å². The molecule has 2 aromatic rings. The van der Waals surface area contributed by atoms with E-state index in [1.165, 1.54) is 0 Å². The van der Waals surface area contributed by atoms with Crippen LogP contribution in [-0.2, 0) is 96.6 Å². The number of carboxylic acids is 2. The molecule has 1 unspecified atom stereocenters. The van der Waals surface area contributed by atoms with E-state index in [9.17, 15) is 142 Å². The molecule has 41 atom stereocenters. The van der Waals surface area contributed by atoms with Crippen molar-refractivity contribution in [3.8, 4) is 5.75 Å². The maximum absolute atomic E-state index is 11.6. The Bertz CT molecular complexity index is 3120. The number of carboxylic acid groups (broad SMARTS) is 2. The third kappa shape index (κ3) is 22.9. The van der Waals surface area contributed by atoms with Crippen LogP contribution in [0, 0.1) is 0 Å². The molecule has 51 heteroatoms. The van der Waals surface area contributed by atoms with Crippen LogP contribution >= 0.6 is 11.8 Å². The summed E-state index contributed by atoms with van der Waals surface area (Å²) in [5.74, 6) is -1.05. The van der Waals surface area contributed by atoms with Crippen LogP contribution in [0.25, 0.3) is 0 Å². The molecule has 32 heterocycles. The van der Waals surface area contributed by atoms with E-state index in [1.807, 2.05) is 54.4 Å². The zero-order chi connectivity index (χ0) is 88.3. The lowest BCUT2D eigenvalue weighted by molar-refractivity contribution is -0.404. The Morgan fingerprint density at radius 2 is 0.628 bits per heavy atom. The summed E-state index contributed by atoms with van der Waals surface area (Å²) in [5, 5.41) is 282. The number of aliphatic hydroxyl groups excluding tert-OH is 24. The number of imide groups is 1. The summed E-state index contributed by atoms with van der Waals surface area (Å²) in [4.78, 5) is 48.2. The fraction of sp³-hybridized carbons (Fsp3) is 0.757. The maximum atomic E-state index is 11.6. The average molecular weight is 1770 g/mol. The van der Waals surface area contributed by atoms with Gasteiger partial charge in [0.25, 0.3) is 5.24 Å². The standard InChI is InChI=1S/C48H80O40.C18H19N3O3S.C4H4O4/c49-1-9-33-17(57)25(65)41(73-9)82-34-10(2-50)75-43(27(67)19(34)59)84-36-12(4-52)77-45(29(69)21(36)61)86-38-14(6-54)79-47(31(71)23(38)63)88-40-16(8-56)80-48(32(72)24(40)64)87-39-15(7-55)78-46(30(70)22(39)62)85-37-13(5-53)76-44(28(68)20(37)60)83-35-11(3-51)74-42(81-33)26(66)18(35)58;1-21(16-4-2-3-9-19-16)10-11-24-14-7-5-13(6-8-14)12-15-17(22)20-18(23)25-15;5-3(6)1-2-4(7)8/h9-72H,1-8H2;2-9,15H,10-12H2,1H3,(H,20,22,23);1-2H,(H,5,6)(H,7,8)/b;;2-1-/t9-,10-,11-,12-,13-,14-,15-,16-,17-,18-,19-,20-,21-,22-,23-,24-,25-,26-,27-,28-,29-,30-,31-,32-,33-,34-,35-,36-,37-,38-,39-,40-,41-,42-,43-,44-,45-,46-,47-,48-;;/m1../s1. The van der Waals surface area contributed by atoms with E-state index >= 15 is 0 Å². The van der Waals surface area contributed by atoms with Crippen LogP contribution in [0.3, 0.4) is 0 Å². The SMILES string of the molecule is CN(CCOc1ccc(CC2SC(=O)NC2=O)cc1)c1ccccn1.O=C(O)/C=C\C(=O)O.OC[C@H]1O[C@@H]2O[C@H]3[C@H](O)[C@@H](O)[C@@H](O[C@H]4[C@H](O)[C@@H](O)[C@@H](O[C@H]5[C@H](O)[C@@H](O)[C@@H](O[C@H]6[C@H](O)[C@@H](O)[C@@H](O[C@H]7[C@H](O)[C@@H](O)[C@@H](O[C@H]8[C@H](O)[C@@H](O)[C@@H](O[C@H]9[C@H](O)[C@@H](O)[C@@H](O[C@H]1[C@H](O)[C@H]2O)O[C@@H]9CO)O[C@@H]8CO)O[C@@H]7CO)O[C@@H]6CO)O[C@@H]5CO)O[C@@H]4CO)O[C@@H]3CO. The summed E-state index contributed by atoms with van der Waals surface area (Å²) in [6.45, 7) is -7.37. The van der Waals surface area contributed by atoms with Crippen LogP contribution < -0.4 is 15.0 Å². The lowest BCUT2D eigenvalue weighted by atomic mass is 9.94. The van der Waals surface area contributed by atoms with E-state index < -0.39 is 310 Å². The predicted molar refractivity (Wildman–Crippen MR) is 384 cm³/mol. The highest BCUT2D eigenvalue weighted by Gasteiger charge is 2.61. The molecule has 16 bridgehead atoms. The van der Waals surface area contributed by atoms with Gasteiger partial charge in [-0.3, -0.25) is 14.9 Å². The van der Waals surface area contributed by atoms with Gasteiger partial charge < -0.3 is 218 Å². The second-order valence-corrected chi connectivity index (χ2v) is 30.3. The van der Waals surface area contributed by atoms with Gasteiger partial charge in [0.05, 0.1) is 64.6 Å². The quantitative estimate of drug-likeness (QED) is 0.0654. The average Bonchev–Trinajstić information content (AvgIpc) is 1.01. The van der Waals surface area contributed by atoms with Crippen molar-refractivity contribution in [3.05, 3.63) is 66.4 Å². The summed E-state index contributed by atoms with van der Waals surface area (Å²) in [6.07, 6.45) is -78.5. The minimum Gasteiger partial charge on any atom is -0.492 e. The number of ether oxygens (including phenoxy) is 17. The van der Waals surface area contributed by atoms with Gasteiger partial charge in [0.15, 0.2) is 50.3 Å². The molecule has 27 N–H and O–H groups in total. The molecule has 50 nitrogen and oxygen atoms in total. The normalized spacial score (nSPS) is 44.3. The van der Waals surface area contributed by atoms with Crippen LogP contribution in [-0.4, -0.2) is 485 Å². The monoisotopic (exact) mass is 1770 g/mol. The second kappa shape index (κ2) is 44.3. The van der Waals surface area contributed by atoms with Crippen LogP contribution in [0.4, 0.5) is 10.6 Å². The third-order valence-electron chi connectivity index (χ3n) is 21.1. The molecule has 31 aliphatic heterocycles. The number of carbonyl (C=O) groups excluding carboxylic acids is 2. The van der Waals surface area contributed by atoms with Crippen molar-refractivity contribution in [1.82, 2.24) is 10.3 Å². The van der Waals surface area contributed by atoms with Gasteiger partial charge in [0, 0.05) is 25.4 Å². The molecule has 0 aliphatic carbocycles. The van der Waals surface area contributed by atoms with Crippen molar-refractivity contribution in [1.29, 1.82) is 0 Å². The molecule has 1 aromatic heterocycles. The molecule has 121 heavy (non-hydrogen) atoms. The Hall–Kier alpha value is -5.46. The Kier molecular flexibility index (Phi) is 35.8. The Labute approximate surface area is 688 Å². The number of rotatable bonds is 17. The van der Waals surface area contributed by atoms with Gasteiger partial charge in [-0.15, -0.1) is 0 Å². The molecule has 0 spiro atoms. The first-order chi connectivity index (χ1) is 57.6. The number of nitrogens with zero attached hydrogens (tertiary/aromatic N) is 2. The van der Waals surface area contributed by atoms with E-state index in [2.05, 4.69) is 10.3 Å².